The van der Waals surface area contributed by atoms with Crippen LogP contribution in [0.25, 0.3) is 5.78 Å². The van der Waals surface area contributed by atoms with Crippen LogP contribution in [0.15, 0.2) is 5.38 Å². The van der Waals surface area contributed by atoms with Crippen LogP contribution in [-0.4, -0.2) is 30.5 Å². The number of alkyl halides is 3. The average molecular weight is 410 g/mol. The zero-order chi connectivity index (χ0) is 20.1. The number of aryl methyl sites for hydroxylation is 2. The molecule has 0 atom stereocenters. The number of aromatic nitrogens is 5. The number of carbonyl (C=O) groups is 1. The van der Waals surface area contributed by atoms with Crippen molar-refractivity contribution in [3.63, 3.8) is 0 Å². The van der Waals surface area contributed by atoms with Crippen molar-refractivity contribution in [2.45, 2.75) is 51.6 Å². The number of amides is 1. The van der Waals surface area contributed by atoms with Crippen molar-refractivity contribution in [1.82, 2.24) is 24.6 Å². The number of fused-ring (bicyclic) bond motifs is 1. The van der Waals surface area contributed by atoms with Gasteiger partial charge in [-0.1, -0.05) is 0 Å². The van der Waals surface area contributed by atoms with Gasteiger partial charge in [-0.15, -0.1) is 16.4 Å². The molecule has 3 heterocycles. The predicted octanol–water partition coefficient (Wildman–Crippen LogP) is 3.67. The van der Waals surface area contributed by atoms with E-state index >= 15 is 0 Å². The van der Waals surface area contributed by atoms with Crippen molar-refractivity contribution in [3.8, 4) is 0 Å². The molecule has 1 amide bonds. The molecule has 0 unspecified atom stereocenters. The van der Waals surface area contributed by atoms with E-state index in [0.29, 0.717) is 34.4 Å². The molecule has 1 fully saturated rings. The number of halogens is 3. The number of hydrogen-bond acceptors (Lipinski definition) is 6. The molecular weight excluding hydrogens is 393 g/mol. The van der Waals surface area contributed by atoms with Gasteiger partial charge in [-0.25, -0.2) is 14.5 Å². The van der Waals surface area contributed by atoms with Gasteiger partial charge in [0.05, 0.1) is 5.69 Å². The molecule has 11 heteroatoms. The zero-order valence-corrected chi connectivity index (χ0v) is 16.0. The van der Waals surface area contributed by atoms with E-state index in [0.717, 1.165) is 23.1 Å². The highest BCUT2D eigenvalue weighted by Gasteiger charge is 2.37. The number of rotatable bonds is 5. The molecule has 0 aromatic carbocycles. The number of hydrogen-bond donors (Lipinski definition) is 1. The van der Waals surface area contributed by atoms with Crippen LogP contribution in [0, 0.1) is 13.8 Å². The molecule has 1 saturated carbocycles. The minimum Gasteiger partial charge on any atom is -0.302 e. The summed E-state index contributed by atoms with van der Waals surface area (Å²) in [4.78, 5) is 24.2. The van der Waals surface area contributed by atoms with Gasteiger partial charge < -0.3 is 5.32 Å². The summed E-state index contributed by atoms with van der Waals surface area (Å²) in [6.45, 7) is 3.33. The van der Waals surface area contributed by atoms with Gasteiger partial charge in [-0.2, -0.15) is 18.2 Å². The molecular formula is C17H17F3N6OS. The van der Waals surface area contributed by atoms with Gasteiger partial charge in [0.15, 0.2) is 5.13 Å². The molecule has 0 radical (unpaired) electrons. The summed E-state index contributed by atoms with van der Waals surface area (Å²) in [7, 11) is 0. The van der Waals surface area contributed by atoms with Crippen molar-refractivity contribution in [1.29, 1.82) is 0 Å². The van der Waals surface area contributed by atoms with Gasteiger partial charge in [-0.3, -0.25) is 4.79 Å². The van der Waals surface area contributed by atoms with E-state index in [1.807, 2.05) is 5.38 Å². The number of carbonyl (C=O) groups excluding carboxylic acids is 1. The quantitative estimate of drug-likeness (QED) is 0.694. The molecule has 3 aromatic heterocycles. The molecule has 1 aliphatic carbocycles. The smallest absolute Gasteiger partial charge is 0.302 e. The van der Waals surface area contributed by atoms with E-state index in [-0.39, 0.29) is 18.1 Å². The Morgan fingerprint density at radius 1 is 1.29 bits per heavy atom. The van der Waals surface area contributed by atoms with E-state index in [4.69, 9.17) is 0 Å². The van der Waals surface area contributed by atoms with Crippen LogP contribution in [0.4, 0.5) is 18.3 Å². The van der Waals surface area contributed by atoms with Crippen LogP contribution in [0.2, 0.25) is 0 Å². The standard InChI is InChI=1S/C17H17F3N6OS/c1-8-11(9(2)26-15(21-8)24-14(25-26)17(18,19)20)5-6-13(27)23-16-22-12(7-28-16)10-3-4-10/h7,10H,3-6H2,1-2H3,(H,22,23,27). The minimum absolute atomic E-state index is 0.106. The second-order valence-electron chi connectivity index (χ2n) is 6.81. The Hall–Kier alpha value is -2.56. The summed E-state index contributed by atoms with van der Waals surface area (Å²) in [5, 5.41) is 8.82. The van der Waals surface area contributed by atoms with Gasteiger partial charge in [0.25, 0.3) is 11.6 Å². The number of nitrogens with one attached hydrogen (secondary N) is 1. The highest BCUT2D eigenvalue weighted by atomic mass is 32.1. The summed E-state index contributed by atoms with van der Waals surface area (Å²) < 4.78 is 39.6. The Balaban J connectivity index is 1.48. The van der Waals surface area contributed by atoms with E-state index in [1.54, 1.807) is 13.8 Å². The first-order chi connectivity index (χ1) is 13.2. The Kier molecular flexibility index (Phi) is 4.56. The van der Waals surface area contributed by atoms with Crippen LogP contribution in [0.1, 0.15) is 53.7 Å². The average Bonchev–Trinajstić information content (AvgIpc) is 3.19. The summed E-state index contributed by atoms with van der Waals surface area (Å²) in [5.74, 6) is -1.02. The summed E-state index contributed by atoms with van der Waals surface area (Å²) in [5.41, 5.74) is 2.72. The predicted molar refractivity (Wildman–Crippen MR) is 96.3 cm³/mol. The topological polar surface area (TPSA) is 85.1 Å². The van der Waals surface area contributed by atoms with Crippen LogP contribution >= 0.6 is 11.3 Å². The first-order valence-electron chi connectivity index (χ1n) is 8.77. The molecule has 0 spiro atoms. The monoisotopic (exact) mass is 410 g/mol. The first-order valence-corrected chi connectivity index (χ1v) is 9.65. The van der Waals surface area contributed by atoms with Gasteiger partial charge in [0.2, 0.25) is 5.91 Å². The van der Waals surface area contributed by atoms with Crippen LogP contribution in [0.5, 0.6) is 0 Å². The fourth-order valence-electron chi connectivity index (χ4n) is 3.02. The number of nitrogens with zero attached hydrogens (tertiary/aromatic N) is 5. The molecule has 3 aromatic rings. The van der Waals surface area contributed by atoms with E-state index in [9.17, 15) is 18.0 Å². The van der Waals surface area contributed by atoms with Crippen molar-refractivity contribution in [2.24, 2.45) is 0 Å². The normalized spacial score (nSPS) is 14.6. The van der Waals surface area contributed by atoms with Crippen LogP contribution in [-0.2, 0) is 17.4 Å². The maximum absolute atomic E-state index is 12.9. The third-order valence-corrected chi connectivity index (χ3v) is 5.44. The highest BCUT2D eigenvalue weighted by molar-refractivity contribution is 7.13. The lowest BCUT2D eigenvalue weighted by Crippen LogP contribution is -2.14. The Morgan fingerprint density at radius 3 is 2.71 bits per heavy atom. The Labute approximate surface area is 162 Å². The Morgan fingerprint density at radius 2 is 2.04 bits per heavy atom. The summed E-state index contributed by atoms with van der Waals surface area (Å²) in [6.07, 6.45) is -1.86. The molecule has 148 valence electrons. The minimum atomic E-state index is -4.64. The molecule has 4 rings (SSSR count). The van der Waals surface area contributed by atoms with E-state index < -0.39 is 12.0 Å². The maximum Gasteiger partial charge on any atom is 0.453 e. The second-order valence-corrected chi connectivity index (χ2v) is 7.66. The third-order valence-electron chi connectivity index (χ3n) is 4.67. The van der Waals surface area contributed by atoms with Gasteiger partial charge in [-0.05, 0) is 38.7 Å². The SMILES string of the molecule is Cc1nc2nc(C(F)(F)F)nn2c(C)c1CCC(=O)Nc1nc(C2CC2)cs1. The fraction of sp³-hybridized carbons (Fsp3) is 0.471. The lowest BCUT2D eigenvalue weighted by molar-refractivity contribution is -0.144. The lowest BCUT2D eigenvalue weighted by Gasteiger charge is -2.10. The molecule has 28 heavy (non-hydrogen) atoms. The lowest BCUT2D eigenvalue weighted by atomic mass is 10.1. The van der Waals surface area contributed by atoms with E-state index in [1.165, 1.54) is 11.3 Å². The second kappa shape index (κ2) is 6.80. The molecule has 7 nitrogen and oxygen atoms in total. The van der Waals surface area contributed by atoms with Crippen LogP contribution < -0.4 is 5.32 Å². The number of anilines is 1. The highest BCUT2D eigenvalue weighted by Crippen LogP contribution is 2.40. The first kappa shape index (κ1) is 18.8. The fourth-order valence-corrected chi connectivity index (χ4v) is 3.83. The maximum atomic E-state index is 12.9. The third kappa shape index (κ3) is 3.71. The van der Waals surface area contributed by atoms with Crippen molar-refractivity contribution in [3.05, 3.63) is 33.8 Å². The van der Waals surface area contributed by atoms with Gasteiger partial charge in [0.1, 0.15) is 0 Å². The van der Waals surface area contributed by atoms with Crippen molar-refractivity contribution < 1.29 is 18.0 Å². The molecule has 0 aliphatic heterocycles. The Bertz CT molecular complexity index is 1050. The zero-order valence-electron chi connectivity index (χ0n) is 15.2. The molecule has 0 saturated heterocycles. The van der Waals surface area contributed by atoms with E-state index in [2.05, 4.69) is 25.4 Å². The molecule has 1 N–H and O–H groups in total. The largest absolute Gasteiger partial charge is 0.453 e. The summed E-state index contributed by atoms with van der Waals surface area (Å²) in [6, 6.07) is 0. The number of thiazole rings is 1. The molecule has 0 bridgehead atoms. The van der Waals surface area contributed by atoms with Gasteiger partial charge >= 0.3 is 6.18 Å². The van der Waals surface area contributed by atoms with Crippen molar-refractivity contribution in [2.75, 3.05) is 5.32 Å². The molecule has 1 aliphatic rings. The van der Waals surface area contributed by atoms with Crippen LogP contribution in [0.3, 0.4) is 0 Å². The van der Waals surface area contributed by atoms with Crippen molar-refractivity contribution >= 4 is 28.2 Å². The van der Waals surface area contributed by atoms with Gasteiger partial charge in [0, 0.05) is 29.1 Å². The summed E-state index contributed by atoms with van der Waals surface area (Å²) >= 11 is 1.40.